The third-order valence-electron chi connectivity index (χ3n) is 2.62. The molecule has 0 aromatic carbocycles. The minimum Gasteiger partial charge on any atom is -0.480 e. The molecule has 0 radical (unpaired) electrons. The number of carboxylic acids is 1. The number of aromatic amines is 1. The molecular formula is C11H17N3O3. The molecule has 1 rings (SSSR count). The van der Waals surface area contributed by atoms with Crippen molar-refractivity contribution in [1.82, 2.24) is 14.9 Å². The van der Waals surface area contributed by atoms with Gasteiger partial charge in [0, 0.05) is 11.8 Å². The Morgan fingerprint density at radius 3 is 2.82 bits per heavy atom. The molecule has 0 bridgehead atoms. The number of rotatable bonds is 5. The van der Waals surface area contributed by atoms with E-state index in [4.69, 9.17) is 5.11 Å². The van der Waals surface area contributed by atoms with Gasteiger partial charge < -0.3 is 10.1 Å². The number of aryl methyl sites for hydroxylation is 1. The molecule has 0 saturated carbocycles. The van der Waals surface area contributed by atoms with Crippen LogP contribution in [0, 0.1) is 0 Å². The Morgan fingerprint density at radius 1 is 1.65 bits per heavy atom. The molecule has 1 heterocycles. The van der Waals surface area contributed by atoms with E-state index < -0.39 is 12.0 Å². The topological polar surface area (TPSA) is 86.3 Å². The van der Waals surface area contributed by atoms with Crippen LogP contribution < -0.4 is 5.56 Å². The lowest BCUT2D eigenvalue weighted by Crippen LogP contribution is -2.36. The van der Waals surface area contributed by atoms with E-state index in [0.29, 0.717) is 24.5 Å². The summed E-state index contributed by atoms with van der Waals surface area (Å²) >= 11 is 0. The van der Waals surface area contributed by atoms with E-state index >= 15 is 0 Å². The molecule has 6 heteroatoms. The van der Waals surface area contributed by atoms with Crippen LogP contribution in [-0.4, -0.2) is 39.0 Å². The quantitative estimate of drug-likeness (QED) is 0.768. The summed E-state index contributed by atoms with van der Waals surface area (Å²) in [5, 5.41) is 8.85. The number of aliphatic carboxylic acids is 1. The number of likely N-dealkylation sites (N-methyl/N-ethyl adjacent to an activating group) is 1. The summed E-state index contributed by atoms with van der Waals surface area (Å²) in [6.45, 7) is 3.80. The summed E-state index contributed by atoms with van der Waals surface area (Å²) in [6.07, 6.45) is 0.676. The van der Waals surface area contributed by atoms with Crippen LogP contribution in [0.2, 0.25) is 0 Å². The zero-order valence-corrected chi connectivity index (χ0v) is 10.2. The van der Waals surface area contributed by atoms with Gasteiger partial charge in [-0.2, -0.15) is 0 Å². The van der Waals surface area contributed by atoms with Gasteiger partial charge in [-0.25, -0.2) is 4.98 Å². The first-order valence-corrected chi connectivity index (χ1v) is 5.46. The Hall–Kier alpha value is -1.69. The highest BCUT2D eigenvalue weighted by Gasteiger charge is 2.17. The molecule has 1 atom stereocenters. The number of H-pyrrole nitrogens is 1. The average Bonchev–Trinajstić information content (AvgIpc) is 2.26. The Kier molecular flexibility index (Phi) is 4.39. The monoisotopic (exact) mass is 239 g/mol. The predicted octanol–water partition coefficient (Wildman–Crippen LogP) is 0.237. The van der Waals surface area contributed by atoms with Gasteiger partial charge in [0.25, 0.3) is 5.56 Å². The lowest BCUT2D eigenvalue weighted by Gasteiger charge is -2.20. The fraction of sp³-hybridized carbons (Fsp3) is 0.545. The number of hydrogen-bond acceptors (Lipinski definition) is 4. The number of nitrogens with zero attached hydrogens (tertiary/aromatic N) is 2. The van der Waals surface area contributed by atoms with E-state index in [-0.39, 0.29) is 5.56 Å². The lowest BCUT2D eigenvalue weighted by atomic mass is 10.3. The van der Waals surface area contributed by atoms with Crippen LogP contribution in [0.1, 0.15) is 25.4 Å². The van der Waals surface area contributed by atoms with E-state index in [0.717, 1.165) is 0 Å². The van der Waals surface area contributed by atoms with Crippen molar-refractivity contribution in [1.29, 1.82) is 0 Å². The molecule has 0 fully saturated rings. The van der Waals surface area contributed by atoms with E-state index in [1.807, 2.05) is 6.92 Å². The third kappa shape index (κ3) is 3.67. The molecule has 94 valence electrons. The molecule has 0 saturated heterocycles. The summed E-state index contributed by atoms with van der Waals surface area (Å²) < 4.78 is 0. The summed E-state index contributed by atoms with van der Waals surface area (Å²) in [4.78, 5) is 30.6. The van der Waals surface area contributed by atoms with Crippen LogP contribution in [0.25, 0.3) is 0 Å². The van der Waals surface area contributed by atoms with Crippen LogP contribution in [0.4, 0.5) is 0 Å². The second-order valence-corrected chi connectivity index (χ2v) is 3.97. The van der Waals surface area contributed by atoms with E-state index in [1.165, 1.54) is 6.07 Å². The molecule has 17 heavy (non-hydrogen) atoms. The van der Waals surface area contributed by atoms with Crippen molar-refractivity contribution in [3.05, 3.63) is 27.9 Å². The minimum absolute atomic E-state index is 0.205. The number of carbonyl (C=O) groups is 1. The Balaban J connectivity index is 2.84. The molecule has 2 N–H and O–H groups in total. The van der Waals surface area contributed by atoms with Crippen LogP contribution in [-0.2, 0) is 17.8 Å². The highest BCUT2D eigenvalue weighted by atomic mass is 16.4. The van der Waals surface area contributed by atoms with Crippen molar-refractivity contribution in [3.63, 3.8) is 0 Å². The number of hydrogen-bond donors (Lipinski definition) is 2. The zero-order chi connectivity index (χ0) is 13.0. The first-order chi connectivity index (χ1) is 7.93. The Morgan fingerprint density at radius 2 is 2.29 bits per heavy atom. The van der Waals surface area contributed by atoms with Gasteiger partial charge in [-0.15, -0.1) is 0 Å². The maximum atomic E-state index is 11.3. The van der Waals surface area contributed by atoms with Gasteiger partial charge in [-0.05, 0) is 20.4 Å². The first-order valence-electron chi connectivity index (χ1n) is 5.46. The number of carboxylic acid groups (broad SMARTS) is 1. The molecule has 0 aliphatic heterocycles. The summed E-state index contributed by atoms with van der Waals surface area (Å²) in [5.41, 5.74) is 0.503. The van der Waals surface area contributed by atoms with E-state index in [2.05, 4.69) is 9.97 Å². The molecule has 0 amide bonds. The average molecular weight is 239 g/mol. The SMILES string of the molecule is CCc1cc(=O)[nH]c(CN(C)[C@@H](C)C(=O)O)n1. The maximum absolute atomic E-state index is 11.3. The number of nitrogens with one attached hydrogen (secondary N) is 1. The van der Waals surface area contributed by atoms with Crippen molar-refractivity contribution < 1.29 is 9.90 Å². The van der Waals surface area contributed by atoms with Crippen LogP contribution in [0.5, 0.6) is 0 Å². The molecular weight excluding hydrogens is 222 g/mol. The van der Waals surface area contributed by atoms with Gasteiger partial charge in [0.2, 0.25) is 0 Å². The standard InChI is InChI=1S/C11H17N3O3/c1-4-8-5-10(15)13-9(12-8)6-14(3)7(2)11(16)17/h5,7H,4,6H2,1-3H3,(H,16,17)(H,12,13,15)/t7-/m0/s1. The van der Waals surface area contributed by atoms with Gasteiger partial charge in [0.1, 0.15) is 11.9 Å². The Labute approximate surface area is 99.3 Å². The fourth-order valence-corrected chi connectivity index (χ4v) is 1.38. The lowest BCUT2D eigenvalue weighted by molar-refractivity contribution is -0.142. The van der Waals surface area contributed by atoms with Crippen LogP contribution in [0.3, 0.4) is 0 Å². The van der Waals surface area contributed by atoms with Gasteiger partial charge in [-0.1, -0.05) is 6.92 Å². The maximum Gasteiger partial charge on any atom is 0.320 e. The molecule has 0 aliphatic carbocycles. The molecule has 1 aromatic rings. The van der Waals surface area contributed by atoms with Crippen molar-refractivity contribution in [2.24, 2.45) is 0 Å². The molecule has 0 spiro atoms. The number of aromatic nitrogens is 2. The van der Waals surface area contributed by atoms with Gasteiger partial charge in [-0.3, -0.25) is 14.5 Å². The summed E-state index contributed by atoms with van der Waals surface area (Å²) in [7, 11) is 1.68. The van der Waals surface area contributed by atoms with E-state index in [1.54, 1.807) is 18.9 Å². The van der Waals surface area contributed by atoms with Crippen molar-refractivity contribution >= 4 is 5.97 Å². The van der Waals surface area contributed by atoms with E-state index in [9.17, 15) is 9.59 Å². The van der Waals surface area contributed by atoms with Gasteiger partial charge in [0.05, 0.1) is 6.54 Å². The summed E-state index contributed by atoms with van der Waals surface area (Å²) in [6, 6.07) is 0.829. The largest absolute Gasteiger partial charge is 0.480 e. The molecule has 0 unspecified atom stereocenters. The zero-order valence-electron chi connectivity index (χ0n) is 10.2. The first kappa shape index (κ1) is 13.4. The Bertz CT molecular complexity index is 456. The third-order valence-corrected chi connectivity index (χ3v) is 2.62. The van der Waals surface area contributed by atoms with Crippen molar-refractivity contribution in [2.45, 2.75) is 32.9 Å². The minimum atomic E-state index is -0.901. The predicted molar refractivity (Wildman–Crippen MR) is 62.8 cm³/mol. The van der Waals surface area contributed by atoms with Crippen molar-refractivity contribution in [2.75, 3.05) is 7.05 Å². The van der Waals surface area contributed by atoms with Crippen LogP contribution >= 0.6 is 0 Å². The summed E-state index contributed by atoms with van der Waals surface area (Å²) in [5.74, 6) is -0.411. The van der Waals surface area contributed by atoms with Gasteiger partial charge >= 0.3 is 5.97 Å². The molecule has 6 nitrogen and oxygen atoms in total. The van der Waals surface area contributed by atoms with Crippen LogP contribution in [0.15, 0.2) is 10.9 Å². The van der Waals surface area contributed by atoms with Crippen molar-refractivity contribution in [3.8, 4) is 0 Å². The highest BCUT2D eigenvalue weighted by molar-refractivity contribution is 5.72. The van der Waals surface area contributed by atoms with Gasteiger partial charge in [0.15, 0.2) is 0 Å². The second kappa shape index (κ2) is 5.58. The molecule has 0 aliphatic rings. The normalized spacial score (nSPS) is 12.7. The fourth-order valence-electron chi connectivity index (χ4n) is 1.38. The molecule has 1 aromatic heterocycles. The smallest absolute Gasteiger partial charge is 0.320 e. The highest BCUT2D eigenvalue weighted by Crippen LogP contribution is 2.02. The second-order valence-electron chi connectivity index (χ2n) is 3.97.